The van der Waals surface area contributed by atoms with Gasteiger partial charge >= 0.3 is 0 Å². The van der Waals surface area contributed by atoms with Crippen molar-refractivity contribution in [2.75, 3.05) is 54.0 Å². The van der Waals surface area contributed by atoms with Crippen LogP contribution in [0.2, 0.25) is 0 Å². The van der Waals surface area contributed by atoms with Crippen LogP contribution in [0.3, 0.4) is 0 Å². The van der Waals surface area contributed by atoms with Gasteiger partial charge in [0.25, 0.3) is 0 Å². The Morgan fingerprint density at radius 1 is 0.720 bits per heavy atom. The maximum absolute atomic E-state index is 4.90. The fourth-order valence-electron chi connectivity index (χ4n) is 3.77. The predicted molar refractivity (Wildman–Crippen MR) is 104 cm³/mol. The summed E-state index contributed by atoms with van der Waals surface area (Å²) in [7, 11) is 0. The molecular weight excluding hydrogens is 310 g/mol. The molecule has 3 heterocycles. The maximum atomic E-state index is 4.90. The maximum Gasteiger partial charge on any atom is 0.227 e. The lowest BCUT2D eigenvalue weighted by Crippen LogP contribution is -2.47. The van der Waals surface area contributed by atoms with Gasteiger partial charge in [-0.1, -0.05) is 18.2 Å². The summed E-state index contributed by atoms with van der Waals surface area (Å²) in [6.07, 6.45) is 3.89. The number of rotatable bonds is 3. The first kappa shape index (κ1) is 16.2. The van der Waals surface area contributed by atoms with Crippen LogP contribution < -0.4 is 14.7 Å². The zero-order valence-electron chi connectivity index (χ0n) is 15.1. The van der Waals surface area contributed by atoms with Gasteiger partial charge in [-0.05, 0) is 38.3 Å². The standard InChI is InChI=1S/C20H27N5/c1-17-16-19(24-10-6-3-7-11-24)22-20(21-17)25-14-12-23(13-15-25)18-8-4-2-5-9-18/h2,4-5,8-9,16H,3,6-7,10-15H2,1H3. The molecule has 2 aliphatic heterocycles. The Labute approximate surface area is 150 Å². The third kappa shape index (κ3) is 3.70. The van der Waals surface area contributed by atoms with E-state index < -0.39 is 0 Å². The Balaban J connectivity index is 1.46. The van der Waals surface area contributed by atoms with E-state index in [-0.39, 0.29) is 0 Å². The van der Waals surface area contributed by atoms with E-state index in [1.165, 1.54) is 24.9 Å². The second-order valence-electron chi connectivity index (χ2n) is 7.02. The van der Waals surface area contributed by atoms with Gasteiger partial charge in [-0.25, -0.2) is 4.98 Å². The number of aryl methyl sites for hydroxylation is 1. The Morgan fingerprint density at radius 2 is 1.40 bits per heavy atom. The Bertz CT molecular complexity index is 688. The van der Waals surface area contributed by atoms with Crippen LogP contribution in [-0.2, 0) is 0 Å². The number of anilines is 3. The van der Waals surface area contributed by atoms with Gasteiger partial charge < -0.3 is 14.7 Å². The van der Waals surface area contributed by atoms with Crippen molar-refractivity contribution in [3.8, 4) is 0 Å². The van der Waals surface area contributed by atoms with Crippen molar-refractivity contribution in [3.63, 3.8) is 0 Å². The fourth-order valence-corrected chi connectivity index (χ4v) is 3.77. The first-order valence-corrected chi connectivity index (χ1v) is 9.45. The van der Waals surface area contributed by atoms with Gasteiger partial charge in [0.1, 0.15) is 5.82 Å². The highest BCUT2D eigenvalue weighted by molar-refractivity contribution is 5.50. The highest BCUT2D eigenvalue weighted by Crippen LogP contribution is 2.23. The van der Waals surface area contributed by atoms with Gasteiger partial charge in [-0.15, -0.1) is 0 Å². The van der Waals surface area contributed by atoms with E-state index in [2.05, 4.69) is 58.0 Å². The lowest BCUT2D eigenvalue weighted by atomic mass is 10.1. The number of piperazine rings is 1. The highest BCUT2D eigenvalue weighted by atomic mass is 15.3. The topological polar surface area (TPSA) is 35.5 Å². The van der Waals surface area contributed by atoms with Gasteiger partial charge in [0.05, 0.1) is 0 Å². The minimum Gasteiger partial charge on any atom is -0.368 e. The minimum absolute atomic E-state index is 0.897. The minimum atomic E-state index is 0.897. The second-order valence-corrected chi connectivity index (χ2v) is 7.02. The molecule has 0 bridgehead atoms. The number of piperidine rings is 1. The Morgan fingerprint density at radius 3 is 2.12 bits per heavy atom. The Kier molecular flexibility index (Phi) is 4.72. The van der Waals surface area contributed by atoms with Crippen LogP contribution in [0.25, 0.3) is 0 Å². The summed E-state index contributed by atoms with van der Waals surface area (Å²) in [6, 6.07) is 12.8. The molecule has 0 unspecified atom stereocenters. The highest BCUT2D eigenvalue weighted by Gasteiger charge is 2.21. The molecule has 1 aromatic heterocycles. The summed E-state index contributed by atoms with van der Waals surface area (Å²) in [5.41, 5.74) is 2.37. The Hall–Kier alpha value is -2.30. The lowest BCUT2D eigenvalue weighted by Gasteiger charge is -2.36. The van der Waals surface area contributed by atoms with E-state index in [1.807, 2.05) is 0 Å². The molecule has 0 atom stereocenters. The molecule has 0 amide bonds. The second kappa shape index (κ2) is 7.30. The monoisotopic (exact) mass is 337 g/mol. The smallest absolute Gasteiger partial charge is 0.227 e. The van der Waals surface area contributed by atoms with Gasteiger partial charge in [0, 0.05) is 56.7 Å². The number of hydrogen-bond acceptors (Lipinski definition) is 5. The molecule has 132 valence electrons. The van der Waals surface area contributed by atoms with E-state index in [9.17, 15) is 0 Å². The van der Waals surface area contributed by atoms with Crippen LogP contribution in [0.4, 0.5) is 17.5 Å². The van der Waals surface area contributed by atoms with Crippen molar-refractivity contribution >= 4 is 17.5 Å². The van der Waals surface area contributed by atoms with E-state index >= 15 is 0 Å². The van der Waals surface area contributed by atoms with Gasteiger partial charge in [-0.2, -0.15) is 4.98 Å². The third-order valence-electron chi connectivity index (χ3n) is 5.19. The summed E-state index contributed by atoms with van der Waals surface area (Å²) < 4.78 is 0. The number of benzene rings is 1. The summed E-state index contributed by atoms with van der Waals surface area (Å²) in [6.45, 7) is 8.30. The third-order valence-corrected chi connectivity index (χ3v) is 5.19. The zero-order valence-corrected chi connectivity index (χ0v) is 15.1. The van der Waals surface area contributed by atoms with Crippen molar-refractivity contribution in [1.82, 2.24) is 9.97 Å². The van der Waals surface area contributed by atoms with Crippen LogP contribution in [0.15, 0.2) is 36.4 Å². The van der Waals surface area contributed by atoms with Crippen molar-refractivity contribution in [2.45, 2.75) is 26.2 Å². The predicted octanol–water partition coefficient (Wildman–Crippen LogP) is 3.10. The molecule has 1 aromatic carbocycles. The van der Waals surface area contributed by atoms with Gasteiger partial charge in [0.15, 0.2) is 0 Å². The molecule has 0 aliphatic carbocycles. The van der Waals surface area contributed by atoms with Crippen molar-refractivity contribution < 1.29 is 0 Å². The number of hydrogen-bond donors (Lipinski definition) is 0. The summed E-state index contributed by atoms with van der Waals surface area (Å²) in [4.78, 5) is 16.8. The molecule has 2 fully saturated rings. The van der Waals surface area contributed by atoms with Crippen molar-refractivity contribution in [3.05, 3.63) is 42.1 Å². The van der Waals surface area contributed by atoms with Crippen molar-refractivity contribution in [2.24, 2.45) is 0 Å². The molecule has 25 heavy (non-hydrogen) atoms. The van der Waals surface area contributed by atoms with Gasteiger partial charge in [0.2, 0.25) is 5.95 Å². The van der Waals surface area contributed by atoms with E-state index in [4.69, 9.17) is 9.97 Å². The van der Waals surface area contributed by atoms with Crippen LogP contribution in [0.5, 0.6) is 0 Å². The van der Waals surface area contributed by atoms with Crippen LogP contribution >= 0.6 is 0 Å². The normalized spacial score (nSPS) is 18.5. The molecule has 5 nitrogen and oxygen atoms in total. The number of para-hydroxylation sites is 1. The molecule has 0 saturated carbocycles. The summed E-state index contributed by atoms with van der Waals surface area (Å²) in [5, 5.41) is 0. The van der Waals surface area contributed by atoms with Crippen LogP contribution in [-0.4, -0.2) is 49.2 Å². The molecular formula is C20H27N5. The van der Waals surface area contributed by atoms with E-state index in [0.717, 1.165) is 56.7 Å². The largest absolute Gasteiger partial charge is 0.368 e. The molecule has 0 spiro atoms. The molecule has 4 rings (SSSR count). The average molecular weight is 337 g/mol. The first-order chi connectivity index (χ1) is 12.3. The van der Waals surface area contributed by atoms with Crippen LogP contribution in [0, 0.1) is 6.92 Å². The molecule has 5 heteroatoms. The zero-order chi connectivity index (χ0) is 17.1. The first-order valence-electron chi connectivity index (χ1n) is 9.45. The van der Waals surface area contributed by atoms with Gasteiger partial charge in [-0.3, -0.25) is 0 Å². The van der Waals surface area contributed by atoms with Crippen molar-refractivity contribution in [1.29, 1.82) is 0 Å². The molecule has 0 radical (unpaired) electrons. The number of nitrogens with zero attached hydrogens (tertiary/aromatic N) is 5. The quantitative estimate of drug-likeness (QED) is 0.860. The van der Waals surface area contributed by atoms with E-state index in [0.29, 0.717) is 0 Å². The fraction of sp³-hybridized carbons (Fsp3) is 0.500. The lowest BCUT2D eigenvalue weighted by molar-refractivity contribution is 0.571. The average Bonchev–Trinajstić information content (AvgIpc) is 2.69. The number of aromatic nitrogens is 2. The van der Waals surface area contributed by atoms with E-state index in [1.54, 1.807) is 0 Å². The van der Waals surface area contributed by atoms with Crippen LogP contribution in [0.1, 0.15) is 25.0 Å². The SMILES string of the molecule is Cc1cc(N2CCCCC2)nc(N2CCN(c3ccccc3)CC2)n1. The molecule has 2 aliphatic rings. The molecule has 2 aromatic rings. The molecule has 2 saturated heterocycles. The summed E-state index contributed by atoms with van der Waals surface area (Å²) >= 11 is 0. The summed E-state index contributed by atoms with van der Waals surface area (Å²) in [5.74, 6) is 2.00. The molecule has 0 N–H and O–H groups in total.